The van der Waals surface area contributed by atoms with Gasteiger partial charge in [0, 0.05) is 13.1 Å². The van der Waals surface area contributed by atoms with Crippen LogP contribution in [0.3, 0.4) is 0 Å². The molecule has 0 aromatic carbocycles. The highest BCUT2D eigenvalue weighted by Crippen LogP contribution is 2.19. The van der Waals surface area contributed by atoms with E-state index in [1.54, 1.807) is 4.90 Å². The lowest BCUT2D eigenvalue weighted by molar-refractivity contribution is -0.133. The molecule has 3 nitrogen and oxygen atoms in total. The summed E-state index contributed by atoms with van der Waals surface area (Å²) in [5.41, 5.74) is 0. The first-order valence-electron chi connectivity index (χ1n) is 5.02. The molecule has 0 aromatic rings. The van der Waals surface area contributed by atoms with E-state index in [0.717, 1.165) is 19.4 Å². The maximum atomic E-state index is 11.8. The Bertz CT molecular complexity index is 177. The third-order valence-corrected chi connectivity index (χ3v) is 2.29. The van der Waals surface area contributed by atoms with Crippen LogP contribution in [0.4, 0.5) is 0 Å². The number of unbranched alkanes of at least 4 members (excludes halogenated alkanes) is 1. The average molecular weight is 266 g/mol. The van der Waals surface area contributed by atoms with E-state index in [1.165, 1.54) is 0 Å². The Labute approximate surface area is 94.6 Å². The monoisotopic (exact) mass is 265 g/mol. The number of aliphatic hydroxyl groups excluding tert-OH is 1. The van der Waals surface area contributed by atoms with Crippen molar-refractivity contribution in [1.29, 1.82) is 0 Å². The molecule has 14 heavy (non-hydrogen) atoms. The zero-order chi connectivity index (χ0) is 11.2. The van der Waals surface area contributed by atoms with Crippen LogP contribution >= 0.6 is 15.9 Å². The molecule has 0 atom stereocenters. The van der Waals surface area contributed by atoms with E-state index < -0.39 is 4.32 Å². The maximum absolute atomic E-state index is 11.8. The van der Waals surface area contributed by atoms with Gasteiger partial charge in [-0.25, -0.2) is 0 Å². The molecular formula is C10H20BrNO2. The van der Waals surface area contributed by atoms with Crippen LogP contribution in [0.25, 0.3) is 0 Å². The molecule has 4 heteroatoms. The number of amides is 1. The molecule has 0 bridgehead atoms. The van der Waals surface area contributed by atoms with Crippen molar-refractivity contribution < 1.29 is 9.90 Å². The van der Waals surface area contributed by atoms with E-state index >= 15 is 0 Å². The molecule has 0 aromatic heterocycles. The fourth-order valence-corrected chi connectivity index (χ4v) is 1.41. The lowest BCUT2D eigenvalue weighted by Crippen LogP contribution is -2.43. The molecular weight excluding hydrogens is 246 g/mol. The van der Waals surface area contributed by atoms with Gasteiger partial charge in [-0.15, -0.1) is 0 Å². The highest BCUT2D eigenvalue weighted by molar-refractivity contribution is 9.10. The molecule has 0 aliphatic heterocycles. The highest BCUT2D eigenvalue weighted by Gasteiger charge is 2.28. The predicted molar refractivity (Wildman–Crippen MR) is 61.6 cm³/mol. The third-order valence-electron chi connectivity index (χ3n) is 1.95. The molecule has 0 rings (SSSR count). The Hall–Kier alpha value is -0.0900. The molecule has 0 aliphatic carbocycles. The molecule has 0 spiro atoms. The van der Waals surface area contributed by atoms with Gasteiger partial charge in [-0.3, -0.25) is 4.79 Å². The Morgan fingerprint density at radius 2 is 2.00 bits per heavy atom. The van der Waals surface area contributed by atoms with Crippen LogP contribution in [-0.2, 0) is 4.79 Å². The van der Waals surface area contributed by atoms with E-state index in [1.807, 2.05) is 13.8 Å². The zero-order valence-corrected chi connectivity index (χ0v) is 10.8. The number of carbonyl (C=O) groups excluding carboxylic acids is 1. The topological polar surface area (TPSA) is 40.5 Å². The first kappa shape index (κ1) is 13.9. The van der Waals surface area contributed by atoms with Gasteiger partial charge in [0.05, 0.1) is 10.9 Å². The second-order valence-electron chi connectivity index (χ2n) is 3.84. The number of halogens is 1. The zero-order valence-electron chi connectivity index (χ0n) is 9.22. The van der Waals surface area contributed by atoms with Gasteiger partial charge < -0.3 is 10.0 Å². The average Bonchev–Trinajstić information content (AvgIpc) is 2.09. The van der Waals surface area contributed by atoms with Gasteiger partial charge >= 0.3 is 0 Å². The van der Waals surface area contributed by atoms with Crippen molar-refractivity contribution in [1.82, 2.24) is 4.90 Å². The van der Waals surface area contributed by atoms with Gasteiger partial charge in [0.15, 0.2) is 0 Å². The van der Waals surface area contributed by atoms with Crippen molar-refractivity contribution in [3.05, 3.63) is 0 Å². The van der Waals surface area contributed by atoms with Crippen LogP contribution in [-0.4, -0.2) is 39.9 Å². The predicted octanol–water partition coefficient (Wildman–Crippen LogP) is 1.78. The Kier molecular flexibility index (Phi) is 6.36. The van der Waals surface area contributed by atoms with Crippen LogP contribution in [0.2, 0.25) is 0 Å². The lowest BCUT2D eigenvalue weighted by atomic mass is 10.1. The van der Waals surface area contributed by atoms with Gasteiger partial charge in [-0.2, -0.15) is 0 Å². The second kappa shape index (κ2) is 6.40. The summed E-state index contributed by atoms with van der Waals surface area (Å²) in [6.45, 7) is 6.91. The summed E-state index contributed by atoms with van der Waals surface area (Å²) in [6, 6.07) is 0. The maximum Gasteiger partial charge on any atom is 0.238 e. The Balaban J connectivity index is 4.25. The molecule has 0 unspecified atom stereocenters. The summed E-state index contributed by atoms with van der Waals surface area (Å²) in [7, 11) is 0. The molecule has 0 saturated carbocycles. The van der Waals surface area contributed by atoms with E-state index in [4.69, 9.17) is 5.11 Å². The first-order valence-corrected chi connectivity index (χ1v) is 5.82. The quantitative estimate of drug-likeness (QED) is 0.744. The molecule has 0 saturated heterocycles. The minimum Gasteiger partial charge on any atom is -0.395 e. The van der Waals surface area contributed by atoms with Crippen LogP contribution in [0, 0.1) is 0 Å². The highest BCUT2D eigenvalue weighted by atomic mass is 79.9. The van der Waals surface area contributed by atoms with Gasteiger partial charge in [0.1, 0.15) is 0 Å². The summed E-state index contributed by atoms with van der Waals surface area (Å²) >= 11 is 3.33. The molecule has 0 aliphatic rings. The summed E-state index contributed by atoms with van der Waals surface area (Å²) in [6.07, 6.45) is 2.03. The number of nitrogens with zero attached hydrogens (tertiary/aromatic N) is 1. The Morgan fingerprint density at radius 1 is 1.43 bits per heavy atom. The van der Waals surface area contributed by atoms with Gasteiger partial charge in [-0.1, -0.05) is 29.3 Å². The first-order chi connectivity index (χ1) is 6.43. The minimum atomic E-state index is -0.532. The van der Waals surface area contributed by atoms with Crippen molar-refractivity contribution in [2.45, 2.75) is 37.9 Å². The minimum absolute atomic E-state index is 0.0263. The number of carbonyl (C=O) groups is 1. The molecule has 0 heterocycles. The second-order valence-corrected chi connectivity index (χ2v) is 5.82. The number of aliphatic hydroxyl groups is 1. The smallest absolute Gasteiger partial charge is 0.238 e. The van der Waals surface area contributed by atoms with Crippen LogP contribution < -0.4 is 0 Å². The largest absolute Gasteiger partial charge is 0.395 e. The summed E-state index contributed by atoms with van der Waals surface area (Å²) in [4.78, 5) is 13.5. The van der Waals surface area contributed by atoms with Gasteiger partial charge in [0.25, 0.3) is 0 Å². The SMILES string of the molecule is CCCCN(CCO)C(=O)C(C)(C)Br. The van der Waals surface area contributed by atoms with Crippen LogP contribution in [0.1, 0.15) is 33.6 Å². The molecule has 0 radical (unpaired) electrons. The third kappa shape index (κ3) is 4.96. The van der Waals surface area contributed by atoms with Crippen LogP contribution in [0.5, 0.6) is 0 Å². The van der Waals surface area contributed by atoms with Crippen molar-refractivity contribution in [2.75, 3.05) is 19.7 Å². The summed E-state index contributed by atoms with van der Waals surface area (Å²) < 4.78 is -0.532. The molecule has 1 N–H and O–H groups in total. The lowest BCUT2D eigenvalue weighted by Gasteiger charge is -2.27. The number of rotatable bonds is 6. The van der Waals surface area contributed by atoms with Crippen molar-refractivity contribution >= 4 is 21.8 Å². The van der Waals surface area contributed by atoms with Crippen LogP contribution in [0.15, 0.2) is 0 Å². The van der Waals surface area contributed by atoms with E-state index in [9.17, 15) is 4.79 Å². The van der Waals surface area contributed by atoms with E-state index in [0.29, 0.717) is 6.54 Å². The molecule has 0 fully saturated rings. The number of hydrogen-bond donors (Lipinski definition) is 1. The summed E-state index contributed by atoms with van der Waals surface area (Å²) in [5.74, 6) is 0.0417. The fourth-order valence-electron chi connectivity index (χ4n) is 1.16. The number of alkyl halides is 1. The van der Waals surface area contributed by atoms with Gasteiger partial charge in [-0.05, 0) is 20.3 Å². The molecule has 84 valence electrons. The fraction of sp³-hybridized carbons (Fsp3) is 0.900. The standard InChI is InChI=1S/C10H20BrNO2/c1-4-5-6-12(7-8-13)9(14)10(2,3)11/h13H,4-8H2,1-3H3. The van der Waals surface area contributed by atoms with E-state index in [2.05, 4.69) is 22.9 Å². The van der Waals surface area contributed by atoms with Crippen molar-refractivity contribution in [3.8, 4) is 0 Å². The Morgan fingerprint density at radius 3 is 2.36 bits per heavy atom. The van der Waals surface area contributed by atoms with E-state index in [-0.39, 0.29) is 12.5 Å². The van der Waals surface area contributed by atoms with Crippen molar-refractivity contribution in [2.24, 2.45) is 0 Å². The van der Waals surface area contributed by atoms with Crippen molar-refractivity contribution in [3.63, 3.8) is 0 Å². The van der Waals surface area contributed by atoms with Gasteiger partial charge in [0.2, 0.25) is 5.91 Å². The molecule has 1 amide bonds. The normalized spacial score (nSPS) is 11.5. The number of hydrogen-bond acceptors (Lipinski definition) is 2. The summed E-state index contributed by atoms with van der Waals surface area (Å²) in [5, 5.41) is 8.84.